The molecule has 0 N–H and O–H groups in total. The molecule has 5 heteroatoms. The molecular formula is C19H33NO4. The van der Waals surface area contributed by atoms with Gasteiger partial charge < -0.3 is 19.1 Å². The number of ether oxygens (including phenoxy) is 3. The average molecular weight is 339 g/mol. The molecule has 1 unspecified atom stereocenters. The van der Waals surface area contributed by atoms with E-state index in [4.69, 9.17) is 14.2 Å². The summed E-state index contributed by atoms with van der Waals surface area (Å²) in [7, 11) is 0. The first kappa shape index (κ1) is 18.2. The monoisotopic (exact) mass is 339 g/mol. The maximum absolute atomic E-state index is 12.0. The molecule has 2 heterocycles. The molecule has 5 nitrogen and oxygen atoms in total. The third-order valence-electron chi connectivity index (χ3n) is 6.02. The maximum atomic E-state index is 12.0. The zero-order valence-electron chi connectivity index (χ0n) is 15.1. The highest BCUT2D eigenvalue weighted by Gasteiger charge is 2.43. The molecule has 24 heavy (non-hydrogen) atoms. The fourth-order valence-corrected chi connectivity index (χ4v) is 4.41. The molecule has 3 aliphatic rings. The molecular weight excluding hydrogens is 306 g/mol. The van der Waals surface area contributed by atoms with Crippen LogP contribution in [-0.2, 0) is 19.0 Å². The van der Waals surface area contributed by atoms with E-state index < -0.39 is 0 Å². The van der Waals surface area contributed by atoms with Crippen molar-refractivity contribution in [3.8, 4) is 0 Å². The third-order valence-corrected chi connectivity index (χ3v) is 6.02. The predicted molar refractivity (Wildman–Crippen MR) is 91.9 cm³/mol. The van der Waals surface area contributed by atoms with E-state index in [1.54, 1.807) is 0 Å². The Bertz CT molecular complexity index is 400. The van der Waals surface area contributed by atoms with Crippen molar-refractivity contribution in [2.75, 3.05) is 46.1 Å². The van der Waals surface area contributed by atoms with Crippen molar-refractivity contribution in [1.82, 2.24) is 4.90 Å². The van der Waals surface area contributed by atoms with Gasteiger partial charge in [0.05, 0.1) is 19.3 Å². The van der Waals surface area contributed by atoms with E-state index in [2.05, 4.69) is 0 Å². The lowest BCUT2D eigenvalue weighted by Crippen LogP contribution is -2.45. The number of amides is 1. The minimum absolute atomic E-state index is 0.127. The summed E-state index contributed by atoms with van der Waals surface area (Å²) >= 11 is 0. The van der Waals surface area contributed by atoms with Crippen LogP contribution >= 0.6 is 0 Å². The van der Waals surface area contributed by atoms with E-state index in [1.807, 2.05) is 11.8 Å². The smallest absolute Gasteiger partial charge is 0.248 e. The number of nitrogens with zero attached hydrogens (tertiary/aromatic N) is 1. The Morgan fingerprint density at radius 3 is 2.62 bits per heavy atom. The van der Waals surface area contributed by atoms with E-state index in [1.165, 1.54) is 25.7 Å². The lowest BCUT2D eigenvalue weighted by Gasteiger charge is -2.38. The number of likely N-dealkylation sites (tertiary alicyclic amines) is 1. The van der Waals surface area contributed by atoms with Gasteiger partial charge >= 0.3 is 0 Å². The highest BCUT2D eigenvalue weighted by molar-refractivity contribution is 5.77. The van der Waals surface area contributed by atoms with Crippen molar-refractivity contribution in [3.05, 3.63) is 0 Å². The summed E-state index contributed by atoms with van der Waals surface area (Å²) in [6.45, 7) is 6.90. The number of hydrogen-bond donors (Lipinski definition) is 0. The Morgan fingerprint density at radius 2 is 1.92 bits per heavy atom. The topological polar surface area (TPSA) is 48.0 Å². The Labute approximate surface area is 146 Å². The molecule has 0 radical (unpaired) electrons. The molecule has 2 saturated heterocycles. The Kier molecular flexibility index (Phi) is 6.53. The highest BCUT2D eigenvalue weighted by atomic mass is 16.5. The second kappa shape index (κ2) is 8.63. The molecule has 0 aromatic carbocycles. The molecule has 2 aliphatic heterocycles. The van der Waals surface area contributed by atoms with Crippen LogP contribution < -0.4 is 0 Å². The summed E-state index contributed by atoms with van der Waals surface area (Å²) in [6.07, 6.45) is 8.84. The zero-order chi connectivity index (χ0) is 16.8. The van der Waals surface area contributed by atoms with Gasteiger partial charge in [-0.1, -0.05) is 12.8 Å². The van der Waals surface area contributed by atoms with Crippen molar-refractivity contribution in [3.63, 3.8) is 0 Å². The standard InChI is InChI=1S/C19H33NO4/c1-2-22-14-18(21)20-9-7-19(8-10-20)11-17(24-15-19)13-23-12-16-5-3-4-6-16/h16-17H,2-15H2,1H3. The summed E-state index contributed by atoms with van der Waals surface area (Å²) in [6, 6.07) is 0. The molecule has 3 rings (SSSR count). The van der Waals surface area contributed by atoms with Crippen LogP contribution in [0.25, 0.3) is 0 Å². The van der Waals surface area contributed by atoms with Crippen LogP contribution in [0, 0.1) is 11.3 Å². The minimum atomic E-state index is 0.127. The van der Waals surface area contributed by atoms with Crippen LogP contribution in [0.5, 0.6) is 0 Å². The van der Waals surface area contributed by atoms with Crippen LogP contribution in [0.3, 0.4) is 0 Å². The first-order chi connectivity index (χ1) is 11.7. The number of rotatable bonds is 7. The summed E-state index contributed by atoms with van der Waals surface area (Å²) < 4.78 is 17.2. The molecule has 0 aromatic heterocycles. The van der Waals surface area contributed by atoms with Gasteiger partial charge in [-0.3, -0.25) is 4.79 Å². The van der Waals surface area contributed by atoms with Crippen molar-refractivity contribution in [1.29, 1.82) is 0 Å². The number of hydrogen-bond acceptors (Lipinski definition) is 4. The fraction of sp³-hybridized carbons (Fsp3) is 0.947. The second-order valence-electron chi connectivity index (χ2n) is 7.84. The first-order valence-electron chi connectivity index (χ1n) is 9.76. The number of carbonyl (C=O) groups is 1. The lowest BCUT2D eigenvalue weighted by molar-refractivity contribution is -0.138. The SMILES string of the molecule is CCOCC(=O)N1CCC2(CC1)COC(COCC1CCCC1)C2. The molecule has 0 aromatic rings. The molecule has 1 spiro atoms. The van der Waals surface area contributed by atoms with Gasteiger partial charge in [0.25, 0.3) is 0 Å². The van der Waals surface area contributed by atoms with Crippen LogP contribution in [0.15, 0.2) is 0 Å². The van der Waals surface area contributed by atoms with Gasteiger partial charge in [-0.2, -0.15) is 0 Å². The molecule has 138 valence electrons. The van der Waals surface area contributed by atoms with Crippen LogP contribution in [0.1, 0.15) is 51.9 Å². The molecule has 1 aliphatic carbocycles. The predicted octanol–water partition coefficient (Wildman–Crippen LogP) is 2.63. The Morgan fingerprint density at radius 1 is 1.17 bits per heavy atom. The molecule has 0 bridgehead atoms. The van der Waals surface area contributed by atoms with Crippen molar-refractivity contribution in [2.24, 2.45) is 11.3 Å². The van der Waals surface area contributed by atoms with E-state index in [-0.39, 0.29) is 24.0 Å². The third kappa shape index (κ3) is 4.70. The van der Waals surface area contributed by atoms with Gasteiger partial charge in [0.15, 0.2) is 0 Å². The van der Waals surface area contributed by atoms with Crippen LogP contribution in [-0.4, -0.2) is 63.0 Å². The quantitative estimate of drug-likeness (QED) is 0.715. The Balaban J connectivity index is 1.35. The molecule has 1 atom stereocenters. The normalized spacial score (nSPS) is 27.2. The minimum Gasteiger partial charge on any atom is -0.378 e. The van der Waals surface area contributed by atoms with Gasteiger partial charge in [0, 0.05) is 26.3 Å². The van der Waals surface area contributed by atoms with Gasteiger partial charge in [-0.25, -0.2) is 0 Å². The fourth-order valence-electron chi connectivity index (χ4n) is 4.41. The highest BCUT2D eigenvalue weighted by Crippen LogP contribution is 2.42. The van der Waals surface area contributed by atoms with Crippen molar-refractivity contribution < 1.29 is 19.0 Å². The average Bonchev–Trinajstić information content (AvgIpc) is 3.24. The van der Waals surface area contributed by atoms with Gasteiger partial charge in [0.1, 0.15) is 6.61 Å². The first-order valence-corrected chi connectivity index (χ1v) is 9.76. The lowest BCUT2D eigenvalue weighted by atomic mass is 9.76. The molecule has 1 saturated carbocycles. The maximum Gasteiger partial charge on any atom is 0.248 e. The van der Waals surface area contributed by atoms with E-state index in [0.29, 0.717) is 6.61 Å². The zero-order valence-corrected chi connectivity index (χ0v) is 15.1. The van der Waals surface area contributed by atoms with Crippen molar-refractivity contribution in [2.45, 2.75) is 58.0 Å². The van der Waals surface area contributed by atoms with E-state index >= 15 is 0 Å². The van der Waals surface area contributed by atoms with Gasteiger partial charge in [-0.15, -0.1) is 0 Å². The number of carbonyl (C=O) groups excluding carboxylic acids is 1. The number of piperidine rings is 1. The van der Waals surface area contributed by atoms with Crippen LogP contribution in [0.4, 0.5) is 0 Å². The van der Waals surface area contributed by atoms with Gasteiger partial charge in [-0.05, 0) is 50.4 Å². The van der Waals surface area contributed by atoms with Crippen LogP contribution in [0.2, 0.25) is 0 Å². The summed E-state index contributed by atoms with van der Waals surface area (Å²) in [5, 5.41) is 0. The largest absolute Gasteiger partial charge is 0.378 e. The Hall–Kier alpha value is -0.650. The van der Waals surface area contributed by atoms with Crippen molar-refractivity contribution >= 4 is 5.91 Å². The van der Waals surface area contributed by atoms with Gasteiger partial charge in [0.2, 0.25) is 5.91 Å². The molecule has 1 amide bonds. The summed E-state index contributed by atoms with van der Waals surface area (Å²) in [5.74, 6) is 0.905. The molecule has 3 fully saturated rings. The summed E-state index contributed by atoms with van der Waals surface area (Å²) in [5.41, 5.74) is 0.268. The summed E-state index contributed by atoms with van der Waals surface area (Å²) in [4.78, 5) is 14.0. The van der Waals surface area contributed by atoms with E-state index in [9.17, 15) is 4.79 Å². The second-order valence-corrected chi connectivity index (χ2v) is 7.84. The van der Waals surface area contributed by atoms with E-state index in [0.717, 1.165) is 58.1 Å².